The van der Waals surface area contributed by atoms with Crippen LogP contribution in [0.5, 0.6) is 0 Å². The molecule has 4 heteroatoms. The Labute approximate surface area is 185 Å². The molecule has 1 amide bonds. The molecule has 0 fully saturated rings. The summed E-state index contributed by atoms with van der Waals surface area (Å²) in [5.74, 6) is -1.20. The molecule has 2 aromatic rings. The molecule has 1 aliphatic rings. The number of aliphatic hydroxyl groups excluding tert-OH is 1. The number of hydrogen-bond donors (Lipinski definition) is 1. The molecule has 1 unspecified atom stereocenters. The summed E-state index contributed by atoms with van der Waals surface area (Å²) in [5, 5.41) is 10.7. The van der Waals surface area contributed by atoms with E-state index in [2.05, 4.69) is 41.5 Å². The van der Waals surface area contributed by atoms with Crippen LogP contribution in [0.3, 0.4) is 0 Å². The van der Waals surface area contributed by atoms with Crippen molar-refractivity contribution < 1.29 is 14.7 Å². The number of ketones is 1. The molecule has 1 aliphatic heterocycles. The summed E-state index contributed by atoms with van der Waals surface area (Å²) in [6.07, 6.45) is 0.222. The summed E-state index contributed by atoms with van der Waals surface area (Å²) in [5.41, 5.74) is 3.94. The Hall–Kier alpha value is -2.88. The van der Waals surface area contributed by atoms with E-state index in [-0.39, 0.29) is 28.6 Å². The van der Waals surface area contributed by atoms with Crippen molar-refractivity contribution in [2.75, 3.05) is 4.90 Å². The first-order valence-electron chi connectivity index (χ1n) is 10.9. The molecule has 0 aromatic heterocycles. The zero-order valence-electron chi connectivity index (χ0n) is 19.6. The summed E-state index contributed by atoms with van der Waals surface area (Å²) >= 11 is 0. The highest BCUT2D eigenvalue weighted by Gasteiger charge is 2.43. The first-order valence-corrected chi connectivity index (χ1v) is 10.9. The fraction of sp³-hybridized carbons (Fsp3) is 0.407. The van der Waals surface area contributed by atoms with E-state index in [4.69, 9.17) is 0 Å². The van der Waals surface area contributed by atoms with Gasteiger partial charge in [0.15, 0.2) is 11.5 Å². The van der Waals surface area contributed by atoms with Crippen LogP contribution in [0.25, 0.3) is 0 Å². The van der Waals surface area contributed by atoms with Crippen LogP contribution in [0.2, 0.25) is 0 Å². The van der Waals surface area contributed by atoms with E-state index >= 15 is 0 Å². The molecule has 31 heavy (non-hydrogen) atoms. The second kappa shape index (κ2) is 7.99. The second-order valence-electron chi connectivity index (χ2n) is 10.3. The van der Waals surface area contributed by atoms with E-state index < -0.39 is 17.7 Å². The Morgan fingerprint density at radius 3 is 1.74 bits per heavy atom. The highest BCUT2D eigenvalue weighted by molar-refractivity contribution is 6.16. The van der Waals surface area contributed by atoms with Crippen molar-refractivity contribution in [1.29, 1.82) is 0 Å². The Balaban J connectivity index is 2.11. The van der Waals surface area contributed by atoms with Crippen molar-refractivity contribution in [3.05, 3.63) is 76.6 Å². The predicted octanol–water partition coefficient (Wildman–Crippen LogP) is 6.16. The van der Waals surface area contributed by atoms with Gasteiger partial charge in [0.2, 0.25) is 0 Å². The number of nitrogens with zero attached hydrogens (tertiary/aromatic N) is 1. The molecule has 0 saturated carbocycles. The molecular formula is C27H33NO3. The molecular weight excluding hydrogens is 386 g/mol. The van der Waals surface area contributed by atoms with Crippen LogP contribution >= 0.6 is 0 Å². The number of carbonyl (C=O) groups is 2. The van der Waals surface area contributed by atoms with Gasteiger partial charge in [0, 0.05) is 12.1 Å². The average Bonchev–Trinajstić information content (AvgIpc) is 2.97. The van der Waals surface area contributed by atoms with E-state index in [0.717, 1.165) is 11.1 Å². The van der Waals surface area contributed by atoms with Crippen molar-refractivity contribution in [3.8, 4) is 0 Å². The quantitative estimate of drug-likeness (QED) is 0.645. The molecule has 4 nitrogen and oxygen atoms in total. The summed E-state index contributed by atoms with van der Waals surface area (Å²) in [4.78, 5) is 27.4. The lowest BCUT2D eigenvalue weighted by Crippen LogP contribution is -2.31. The number of hydrogen-bond acceptors (Lipinski definition) is 3. The van der Waals surface area contributed by atoms with Crippen LogP contribution in [0, 0.1) is 0 Å². The van der Waals surface area contributed by atoms with Crippen LogP contribution in [0.1, 0.15) is 77.6 Å². The Bertz CT molecular complexity index is 1020. The van der Waals surface area contributed by atoms with Gasteiger partial charge in [0.25, 0.3) is 5.91 Å². The van der Waals surface area contributed by atoms with Gasteiger partial charge in [0.1, 0.15) is 0 Å². The minimum atomic E-state index is -0.644. The van der Waals surface area contributed by atoms with E-state index in [1.165, 1.54) is 10.5 Å². The number of Topliss-reactive ketones (excluding diaryl/α,β-unsaturated/α-hetero) is 1. The van der Waals surface area contributed by atoms with Crippen LogP contribution in [0.15, 0.2) is 59.9 Å². The maximum Gasteiger partial charge on any atom is 0.294 e. The SMILES string of the molecule is CCC(=O)C1=C(O)C(=O)N(c2ccc(C(C)(C)C)cc2)C1c1ccc(C(C)(C)C)cc1. The Kier molecular flexibility index (Phi) is 5.88. The van der Waals surface area contributed by atoms with Gasteiger partial charge in [-0.05, 0) is 39.7 Å². The van der Waals surface area contributed by atoms with Gasteiger partial charge in [-0.2, -0.15) is 0 Å². The first kappa shape index (κ1) is 22.8. The zero-order chi connectivity index (χ0) is 23.1. The largest absolute Gasteiger partial charge is 0.503 e. The molecule has 1 N–H and O–H groups in total. The summed E-state index contributed by atoms with van der Waals surface area (Å²) < 4.78 is 0. The number of amides is 1. The molecule has 0 bridgehead atoms. The van der Waals surface area contributed by atoms with Gasteiger partial charge >= 0.3 is 0 Å². The molecule has 2 aromatic carbocycles. The third-order valence-corrected chi connectivity index (χ3v) is 5.93. The summed E-state index contributed by atoms with van der Waals surface area (Å²) in [6, 6.07) is 15.1. The number of anilines is 1. The minimum absolute atomic E-state index is 0.00740. The molecule has 1 atom stereocenters. The van der Waals surface area contributed by atoms with Crippen molar-refractivity contribution in [1.82, 2.24) is 0 Å². The summed E-state index contributed by atoms with van der Waals surface area (Å²) in [6.45, 7) is 14.6. The molecule has 0 aliphatic carbocycles. The van der Waals surface area contributed by atoms with Crippen molar-refractivity contribution >= 4 is 17.4 Å². The van der Waals surface area contributed by atoms with Gasteiger partial charge in [-0.1, -0.05) is 84.9 Å². The van der Waals surface area contributed by atoms with Crippen LogP contribution in [0.4, 0.5) is 5.69 Å². The molecule has 3 rings (SSSR count). The zero-order valence-corrected chi connectivity index (χ0v) is 19.6. The molecule has 164 valence electrons. The fourth-order valence-electron chi connectivity index (χ4n) is 3.95. The normalized spacial score (nSPS) is 17.5. The van der Waals surface area contributed by atoms with Gasteiger partial charge in [-0.25, -0.2) is 0 Å². The summed E-state index contributed by atoms with van der Waals surface area (Å²) in [7, 11) is 0. The smallest absolute Gasteiger partial charge is 0.294 e. The first-order chi connectivity index (χ1) is 14.4. The van der Waals surface area contributed by atoms with Crippen LogP contribution < -0.4 is 4.90 Å². The number of aliphatic hydroxyl groups is 1. The third kappa shape index (κ3) is 4.30. The van der Waals surface area contributed by atoms with Crippen molar-refractivity contribution in [3.63, 3.8) is 0 Å². The third-order valence-electron chi connectivity index (χ3n) is 5.93. The second-order valence-corrected chi connectivity index (χ2v) is 10.3. The lowest BCUT2D eigenvalue weighted by molar-refractivity contribution is -0.118. The molecule has 0 saturated heterocycles. The fourth-order valence-corrected chi connectivity index (χ4v) is 3.95. The molecule has 0 spiro atoms. The number of benzene rings is 2. The highest BCUT2D eigenvalue weighted by Crippen LogP contribution is 2.42. The van der Waals surface area contributed by atoms with Gasteiger partial charge in [0.05, 0.1) is 11.6 Å². The highest BCUT2D eigenvalue weighted by atomic mass is 16.3. The molecule has 0 radical (unpaired) electrons. The number of carbonyl (C=O) groups excluding carboxylic acids is 2. The van der Waals surface area contributed by atoms with E-state index in [0.29, 0.717) is 5.69 Å². The van der Waals surface area contributed by atoms with Crippen LogP contribution in [-0.2, 0) is 20.4 Å². The van der Waals surface area contributed by atoms with Crippen molar-refractivity contribution in [2.45, 2.75) is 71.8 Å². The Morgan fingerprint density at radius 1 is 0.871 bits per heavy atom. The van der Waals surface area contributed by atoms with E-state index in [1.807, 2.05) is 48.5 Å². The topological polar surface area (TPSA) is 57.6 Å². The van der Waals surface area contributed by atoms with Gasteiger partial charge < -0.3 is 5.11 Å². The lowest BCUT2D eigenvalue weighted by Gasteiger charge is -2.28. The average molecular weight is 420 g/mol. The number of rotatable bonds is 4. The maximum atomic E-state index is 13.1. The van der Waals surface area contributed by atoms with Gasteiger partial charge in [-0.3, -0.25) is 14.5 Å². The van der Waals surface area contributed by atoms with E-state index in [9.17, 15) is 14.7 Å². The minimum Gasteiger partial charge on any atom is -0.503 e. The predicted molar refractivity (Wildman–Crippen MR) is 125 cm³/mol. The monoisotopic (exact) mass is 419 g/mol. The van der Waals surface area contributed by atoms with E-state index in [1.54, 1.807) is 6.92 Å². The Morgan fingerprint density at radius 2 is 1.32 bits per heavy atom. The van der Waals surface area contributed by atoms with Crippen LogP contribution in [-0.4, -0.2) is 16.8 Å². The standard InChI is InChI=1S/C27H33NO3/c1-8-21(29)22-23(17-9-11-18(12-10-17)26(2,3)4)28(25(31)24(22)30)20-15-13-19(14-16-20)27(5,6)7/h9-16,23,30H,8H2,1-7H3. The molecule has 1 heterocycles. The van der Waals surface area contributed by atoms with Crippen molar-refractivity contribution in [2.24, 2.45) is 0 Å². The van der Waals surface area contributed by atoms with Gasteiger partial charge in [-0.15, -0.1) is 0 Å². The lowest BCUT2D eigenvalue weighted by atomic mass is 9.85. The maximum absolute atomic E-state index is 13.1.